The number of likely N-dealkylation sites (N-methyl/N-ethyl adjacent to an activating group) is 1. The Balaban J connectivity index is 0.000000360. The second-order valence-corrected chi connectivity index (χ2v) is 8.38. The van der Waals surface area contributed by atoms with E-state index in [2.05, 4.69) is 23.9 Å². The van der Waals surface area contributed by atoms with Crippen molar-refractivity contribution in [2.75, 3.05) is 39.9 Å². The molecule has 0 radical (unpaired) electrons. The van der Waals surface area contributed by atoms with Crippen molar-refractivity contribution in [1.29, 1.82) is 0 Å². The average molecular weight is 455 g/mol. The molecule has 1 amide bonds. The number of fused-ring (bicyclic) bond motifs is 1. The minimum Gasteiger partial charge on any atom is -0.475 e. The number of H-pyrrole nitrogens is 1. The maximum absolute atomic E-state index is 13.0. The second kappa shape index (κ2) is 9.50. The molecule has 2 N–H and O–H groups in total. The SMILES string of the molecule is CCOCC1CCN(C)C2(C1)CN(C(=O)c1c[nH]c3ccccc13)C2.O=C(O)C(F)(F)F. The third kappa shape index (κ3) is 5.07. The Kier molecular flexibility index (Phi) is 7.14. The van der Waals surface area contributed by atoms with E-state index in [0.29, 0.717) is 5.92 Å². The van der Waals surface area contributed by atoms with Gasteiger partial charge in [-0.3, -0.25) is 9.69 Å². The van der Waals surface area contributed by atoms with E-state index in [1.807, 2.05) is 35.4 Å². The molecule has 3 heterocycles. The quantitative estimate of drug-likeness (QED) is 0.739. The maximum Gasteiger partial charge on any atom is 0.490 e. The van der Waals surface area contributed by atoms with Gasteiger partial charge < -0.3 is 19.7 Å². The zero-order chi connectivity index (χ0) is 23.5. The van der Waals surface area contributed by atoms with Crippen LogP contribution in [0.3, 0.4) is 0 Å². The van der Waals surface area contributed by atoms with E-state index in [1.54, 1.807) is 0 Å². The molecule has 2 saturated heterocycles. The van der Waals surface area contributed by atoms with Gasteiger partial charge in [0, 0.05) is 43.4 Å². The predicted molar refractivity (Wildman–Crippen MR) is 112 cm³/mol. The first-order chi connectivity index (χ1) is 15.1. The first-order valence-electron chi connectivity index (χ1n) is 10.5. The van der Waals surface area contributed by atoms with Crippen molar-refractivity contribution < 1.29 is 32.6 Å². The Morgan fingerprint density at radius 2 is 1.94 bits per heavy atom. The number of benzene rings is 1. The van der Waals surface area contributed by atoms with E-state index < -0.39 is 12.1 Å². The molecular formula is C22H28F3N3O4. The number of ether oxygens (including phenoxy) is 1. The molecule has 0 saturated carbocycles. The number of aromatic nitrogens is 1. The number of nitrogens with one attached hydrogen (secondary N) is 1. The fourth-order valence-corrected chi connectivity index (χ4v) is 4.43. The number of carboxylic acids is 1. The lowest BCUT2D eigenvalue weighted by Crippen LogP contribution is -2.72. The zero-order valence-electron chi connectivity index (χ0n) is 18.1. The summed E-state index contributed by atoms with van der Waals surface area (Å²) in [4.78, 5) is 29.5. The molecule has 7 nitrogen and oxygen atoms in total. The number of carbonyl (C=O) groups excluding carboxylic acids is 1. The topological polar surface area (TPSA) is 85.9 Å². The van der Waals surface area contributed by atoms with Crippen LogP contribution in [0.1, 0.15) is 30.1 Å². The molecule has 2 aromatic rings. The van der Waals surface area contributed by atoms with E-state index in [0.717, 1.165) is 55.7 Å². The van der Waals surface area contributed by atoms with Gasteiger partial charge in [-0.15, -0.1) is 0 Å². The first-order valence-corrected chi connectivity index (χ1v) is 10.5. The summed E-state index contributed by atoms with van der Waals surface area (Å²) in [6.07, 6.45) is -0.920. The van der Waals surface area contributed by atoms with Gasteiger partial charge in [0.1, 0.15) is 0 Å². The van der Waals surface area contributed by atoms with E-state index in [1.165, 1.54) is 6.42 Å². The summed E-state index contributed by atoms with van der Waals surface area (Å²) in [7, 11) is 2.20. The molecule has 1 unspecified atom stereocenters. The average Bonchev–Trinajstić information content (AvgIpc) is 3.15. The molecule has 2 fully saturated rings. The summed E-state index contributed by atoms with van der Waals surface area (Å²) < 4.78 is 37.4. The van der Waals surface area contributed by atoms with Crippen molar-refractivity contribution in [3.8, 4) is 0 Å². The van der Waals surface area contributed by atoms with Crippen LogP contribution in [0.2, 0.25) is 0 Å². The fraction of sp³-hybridized carbons (Fsp3) is 0.545. The number of hydrogen-bond acceptors (Lipinski definition) is 4. The number of alkyl halides is 3. The zero-order valence-corrected chi connectivity index (χ0v) is 18.1. The molecule has 32 heavy (non-hydrogen) atoms. The summed E-state index contributed by atoms with van der Waals surface area (Å²) in [5.74, 6) is -2.00. The smallest absolute Gasteiger partial charge is 0.475 e. The number of carbonyl (C=O) groups is 2. The molecule has 1 spiro atoms. The van der Waals surface area contributed by atoms with Crippen molar-refractivity contribution in [3.05, 3.63) is 36.0 Å². The number of aliphatic carboxylic acids is 1. The van der Waals surface area contributed by atoms with Gasteiger partial charge in [-0.2, -0.15) is 13.2 Å². The lowest BCUT2D eigenvalue weighted by Gasteiger charge is -2.58. The first kappa shape index (κ1) is 24.1. The van der Waals surface area contributed by atoms with Crippen LogP contribution in [0.5, 0.6) is 0 Å². The monoisotopic (exact) mass is 455 g/mol. The van der Waals surface area contributed by atoms with Gasteiger partial charge in [0.15, 0.2) is 0 Å². The van der Waals surface area contributed by atoms with Gasteiger partial charge in [0.2, 0.25) is 0 Å². The van der Waals surface area contributed by atoms with E-state index >= 15 is 0 Å². The number of para-hydroxylation sites is 1. The van der Waals surface area contributed by atoms with Gasteiger partial charge in [-0.25, -0.2) is 4.79 Å². The number of nitrogens with zero attached hydrogens (tertiary/aromatic N) is 2. The Morgan fingerprint density at radius 3 is 2.56 bits per heavy atom. The fourth-order valence-electron chi connectivity index (χ4n) is 4.43. The lowest BCUT2D eigenvalue weighted by atomic mass is 9.75. The van der Waals surface area contributed by atoms with Gasteiger partial charge in [0.25, 0.3) is 5.91 Å². The number of piperidine rings is 1. The summed E-state index contributed by atoms with van der Waals surface area (Å²) in [5, 5.41) is 8.14. The number of likely N-dealkylation sites (tertiary alicyclic amines) is 2. The van der Waals surface area contributed by atoms with Gasteiger partial charge in [-0.05, 0) is 45.3 Å². The molecule has 0 aliphatic carbocycles. The molecule has 1 aromatic carbocycles. The minimum atomic E-state index is -5.08. The highest BCUT2D eigenvalue weighted by atomic mass is 19.4. The minimum absolute atomic E-state index is 0.141. The van der Waals surface area contributed by atoms with Crippen molar-refractivity contribution in [3.63, 3.8) is 0 Å². The molecular weight excluding hydrogens is 427 g/mol. The maximum atomic E-state index is 13.0. The number of hydrogen-bond donors (Lipinski definition) is 2. The molecule has 0 bridgehead atoms. The van der Waals surface area contributed by atoms with Crippen LogP contribution < -0.4 is 0 Å². The summed E-state index contributed by atoms with van der Waals surface area (Å²) in [6, 6.07) is 8.00. The summed E-state index contributed by atoms with van der Waals surface area (Å²) in [6.45, 7) is 6.42. The molecule has 2 aliphatic heterocycles. The highest BCUT2D eigenvalue weighted by Crippen LogP contribution is 2.39. The van der Waals surface area contributed by atoms with Crippen LogP contribution in [0, 0.1) is 5.92 Å². The molecule has 1 atom stereocenters. The van der Waals surface area contributed by atoms with Gasteiger partial charge in [-0.1, -0.05) is 18.2 Å². The highest BCUT2D eigenvalue weighted by molar-refractivity contribution is 6.07. The third-order valence-corrected chi connectivity index (χ3v) is 6.23. The van der Waals surface area contributed by atoms with E-state index in [9.17, 15) is 18.0 Å². The highest BCUT2D eigenvalue weighted by Gasteiger charge is 2.51. The van der Waals surface area contributed by atoms with Crippen molar-refractivity contribution in [2.45, 2.75) is 31.5 Å². The van der Waals surface area contributed by atoms with Crippen LogP contribution in [0.4, 0.5) is 13.2 Å². The Hall–Kier alpha value is -2.59. The Bertz CT molecular complexity index is 951. The lowest BCUT2D eigenvalue weighted by molar-refractivity contribution is -0.192. The van der Waals surface area contributed by atoms with Crippen molar-refractivity contribution in [1.82, 2.24) is 14.8 Å². The summed E-state index contributed by atoms with van der Waals surface area (Å²) in [5.41, 5.74) is 1.95. The molecule has 2 aliphatic rings. The van der Waals surface area contributed by atoms with Gasteiger partial charge >= 0.3 is 12.1 Å². The van der Waals surface area contributed by atoms with Crippen LogP contribution in [0.25, 0.3) is 10.9 Å². The van der Waals surface area contributed by atoms with Crippen LogP contribution in [-0.4, -0.2) is 83.4 Å². The van der Waals surface area contributed by atoms with Crippen molar-refractivity contribution in [2.24, 2.45) is 5.92 Å². The Labute approximate surface area is 184 Å². The molecule has 1 aromatic heterocycles. The van der Waals surface area contributed by atoms with E-state index in [-0.39, 0.29) is 11.4 Å². The van der Waals surface area contributed by atoms with Crippen LogP contribution in [-0.2, 0) is 9.53 Å². The standard InChI is InChI=1S/C20H27N3O2.C2HF3O2/c1-3-25-12-15-8-9-22(2)20(10-15)13-23(14-20)19(24)17-11-21-18-7-5-4-6-16(17)18;3-2(4,5)1(6)7/h4-7,11,15,21H,3,8-10,12-14H2,1-2H3;(H,6,7). The predicted octanol–water partition coefficient (Wildman–Crippen LogP) is 3.37. The normalized spacial score (nSPS) is 20.5. The number of aromatic amines is 1. The second-order valence-electron chi connectivity index (χ2n) is 8.38. The van der Waals surface area contributed by atoms with Gasteiger partial charge in [0.05, 0.1) is 11.1 Å². The Morgan fingerprint density at radius 1 is 1.28 bits per heavy atom. The summed E-state index contributed by atoms with van der Waals surface area (Å²) >= 11 is 0. The van der Waals surface area contributed by atoms with Crippen molar-refractivity contribution >= 4 is 22.8 Å². The molecule has 10 heteroatoms. The molecule has 4 rings (SSSR count). The van der Waals surface area contributed by atoms with E-state index in [4.69, 9.17) is 14.6 Å². The number of rotatable bonds is 4. The van der Waals surface area contributed by atoms with Crippen LogP contribution in [0.15, 0.2) is 30.5 Å². The number of halogens is 3. The van der Waals surface area contributed by atoms with Crippen LogP contribution >= 0.6 is 0 Å². The third-order valence-electron chi connectivity index (χ3n) is 6.23. The number of amides is 1. The largest absolute Gasteiger partial charge is 0.490 e. The molecule has 176 valence electrons. The number of carboxylic acid groups (broad SMARTS) is 1.